The second kappa shape index (κ2) is 7.42. The summed E-state index contributed by atoms with van der Waals surface area (Å²) in [7, 11) is 0. The molecule has 9 heteroatoms. The molecular formula is C18H12FN5O2S. The molecule has 0 bridgehead atoms. The van der Waals surface area contributed by atoms with Gasteiger partial charge in [-0.25, -0.2) is 9.37 Å². The van der Waals surface area contributed by atoms with Gasteiger partial charge in [0.2, 0.25) is 5.82 Å². The Balaban J connectivity index is 1.46. The molecule has 0 aliphatic carbocycles. The molecule has 27 heavy (non-hydrogen) atoms. The number of carbonyl (C=O) groups excluding carboxylic acids is 1. The Hall–Kier alpha value is -3.46. The van der Waals surface area contributed by atoms with E-state index < -0.39 is 5.91 Å². The minimum absolute atomic E-state index is 0.0766. The Labute approximate surface area is 156 Å². The highest BCUT2D eigenvalue weighted by molar-refractivity contribution is 7.12. The Kier molecular flexibility index (Phi) is 4.67. The summed E-state index contributed by atoms with van der Waals surface area (Å²) in [6, 6.07) is 9.79. The lowest BCUT2D eigenvalue weighted by molar-refractivity contribution is 0.0950. The zero-order valence-electron chi connectivity index (χ0n) is 13.8. The summed E-state index contributed by atoms with van der Waals surface area (Å²) in [5, 5.41) is 8.44. The van der Waals surface area contributed by atoms with Crippen LogP contribution < -0.4 is 5.32 Å². The summed E-state index contributed by atoms with van der Waals surface area (Å²) in [6.07, 6.45) is 3.26. The molecule has 0 unspecified atom stereocenters. The van der Waals surface area contributed by atoms with Crippen LogP contribution in [0.2, 0.25) is 0 Å². The Bertz CT molecular complexity index is 1080. The van der Waals surface area contributed by atoms with E-state index in [9.17, 15) is 9.18 Å². The molecule has 0 fully saturated rings. The number of pyridine rings is 1. The van der Waals surface area contributed by atoms with Gasteiger partial charge in [0.1, 0.15) is 11.5 Å². The first-order valence-electron chi connectivity index (χ1n) is 7.92. The quantitative estimate of drug-likeness (QED) is 0.570. The van der Waals surface area contributed by atoms with Crippen molar-refractivity contribution >= 4 is 17.2 Å². The van der Waals surface area contributed by atoms with Crippen molar-refractivity contribution in [3.8, 4) is 23.0 Å². The highest BCUT2D eigenvalue weighted by Crippen LogP contribution is 2.23. The van der Waals surface area contributed by atoms with E-state index in [1.807, 2.05) is 0 Å². The van der Waals surface area contributed by atoms with E-state index >= 15 is 0 Å². The normalized spacial score (nSPS) is 10.7. The fourth-order valence-corrected chi connectivity index (χ4v) is 3.02. The summed E-state index contributed by atoms with van der Waals surface area (Å²) in [4.78, 5) is 24.7. The van der Waals surface area contributed by atoms with Gasteiger partial charge in [-0.1, -0.05) is 23.4 Å². The lowest BCUT2D eigenvalue weighted by Gasteiger charge is -2.04. The Morgan fingerprint density at radius 3 is 2.78 bits per heavy atom. The van der Waals surface area contributed by atoms with Crippen molar-refractivity contribution in [3.05, 3.63) is 70.6 Å². The first kappa shape index (κ1) is 17.0. The topological polar surface area (TPSA) is 93.8 Å². The molecule has 1 N–H and O–H groups in total. The largest absolute Gasteiger partial charge is 0.346 e. The van der Waals surface area contributed by atoms with E-state index in [0.717, 1.165) is 16.9 Å². The number of aromatic nitrogens is 4. The van der Waals surface area contributed by atoms with Crippen LogP contribution in [0.5, 0.6) is 0 Å². The van der Waals surface area contributed by atoms with Crippen LogP contribution in [0.4, 0.5) is 4.39 Å². The van der Waals surface area contributed by atoms with Gasteiger partial charge in [-0.2, -0.15) is 4.98 Å². The zero-order valence-corrected chi connectivity index (χ0v) is 14.6. The van der Waals surface area contributed by atoms with Crippen molar-refractivity contribution in [1.82, 2.24) is 25.4 Å². The van der Waals surface area contributed by atoms with E-state index in [0.29, 0.717) is 17.1 Å². The molecule has 4 rings (SSSR count). The first-order valence-corrected chi connectivity index (χ1v) is 8.80. The van der Waals surface area contributed by atoms with Gasteiger partial charge in [0.25, 0.3) is 11.8 Å². The SMILES string of the molecule is O=C(NCc1ccccc1F)c1nc(-c2nc(-c3ccncc3)no2)cs1. The number of rotatable bonds is 5. The number of hydrogen-bond donors (Lipinski definition) is 1. The molecule has 1 aromatic carbocycles. The monoisotopic (exact) mass is 381 g/mol. The molecule has 0 aliphatic heterocycles. The molecule has 1 amide bonds. The summed E-state index contributed by atoms with van der Waals surface area (Å²) in [6.45, 7) is 0.0766. The number of nitrogens with zero attached hydrogens (tertiary/aromatic N) is 4. The molecule has 0 saturated carbocycles. The van der Waals surface area contributed by atoms with E-state index in [1.165, 1.54) is 6.07 Å². The number of thiazole rings is 1. The minimum atomic E-state index is -0.400. The van der Waals surface area contributed by atoms with Gasteiger partial charge in [-0.3, -0.25) is 9.78 Å². The maximum Gasteiger partial charge on any atom is 0.280 e. The van der Waals surface area contributed by atoms with E-state index in [2.05, 4.69) is 25.4 Å². The van der Waals surface area contributed by atoms with Crippen LogP contribution >= 0.6 is 11.3 Å². The van der Waals surface area contributed by atoms with Gasteiger partial charge >= 0.3 is 0 Å². The van der Waals surface area contributed by atoms with Crippen LogP contribution in [-0.4, -0.2) is 26.0 Å². The second-order valence-electron chi connectivity index (χ2n) is 5.47. The third-order valence-electron chi connectivity index (χ3n) is 3.68. The van der Waals surface area contributed by atoms with E-state index in [-0.39, 0.29) is 23.3 Å². The summed E-state index contributed by atoms with van der Waals surface area (Å²) in [5.74, 6) is -0.146. The van der Waals surface area contributed by atoms with Crippen molar-refractivity contribution < 1.29 is 13.7 Å². The highest BCUT2D eigenvalue weighted by atomic mass is 32.1. The summed E-state index contributed by atoms with van der Waals surface area (Å²) < 4.78 is 18.8. The highest BCUT2D eigenvalue weighted by Gasteiger charge is 2.17. The van der Waals surface area contributed by atoms with Gasteiger partial charge in [0, 0.05) is 35.4 Å². The summed E-state index contributed by atoms with van der Waals surface area (Å²) >= 11 is 1.14. The minimum Gasteiger partial charge on any atom is -0.346 e. The van der Waals surface area contributed by atoms with Crippen LogP contribution in [0.1, 0.15) is 15.4 Å². The van der Waals surface area contributed by atoms with Crippen molar-refractivity contribution in [1.29, 1.82) is 0 Å². The van der Waals surface area contributed by atoms with E-state index in [1.54, 1.807) is 48.1 Å². The Morgan fingerprint density at radius 1 is 1.15 bits per heavy atom. The van der Waals surface area contributed by atoms with E-state index in [4.69, 9.17) is 4.52 Å². The number of nitrogens with one attached hydrogen (secondary N) is 1. The molecular weight excluding hydrogens is 369 g/mol. The Morgan fingerprint density at radius 2 is 1.96 bits per heavy atom. The maximum atomic E-state index is 13.6. The average molecular weight is 381 g/mol. The third-order valence-corrected chi connectivity index (χ3v) is 4.52. The first-order chi connectivity index (χ1) is 13.2. The third kappa shape index (κ3) is 3.72. The molecule has 0 saturated heterocycles. The van der Waals surface area contributed by atoms with Gasteiger partial charge in [-0.15, -0.1) is 11.3 Å². The van der Waals surface area contributed by atoms with Gasteiger partial charge in [0.15, 0.2) is 5.01 Å². The standard InChI is InChI=1S/C18H12FN5O2S/c19-13-4-2-1-3-12(13)9-21-16(25)18-22-14(10-27-18)17-23-15(24-26-17)11-5-7-20-8-6-11/h1-8,10H,9H2,(H,21,25). The number of amides is 1. The number of halogens is 1. The second-order valence-corrected chi connectivity index (χ2v) is 6.33. The molecule has 0 radical (unpaired) electrons. The lowest BCUT2D eigenvalue weighted by Crippen LogP contribution is -2.23. The number of hydrogen-bond acceptors (Lipinski definition) is 7. The molecule has 0 spiro atoms. The molecule has 7 nitrogen and oxygen atoms in total. The van der Waals surface area contributed by atoms with Crippen LogP contribution in [0.3, 0.4) is 0 Å². The number of benzene rings is 1. The van der Waals surface area contributed by atoms with Gasteiger partial charge in [0.05, 0.1) is 0 Å². The van der Waals surface area contributed by atoms with Gasteiger partial charge < -0.3 is 9.84 Å². The van der Waals surface area contributed by atoms with Crippen molar-refractivity contribution in [2.45, 2.75) is 6.54 Å². The smallest absolute Gasteiger partial charge is 0.280 e. The molecule has 134 valence electrons. The fraction of sp³-hybridized carbons (Fsp3) is 0.0556. The molecule has 3 heterocycles. The summed E-state index contributed by atoms with van der Waals surface area (Å²) in [5.41, 5.74) is 1.57. The van der Waals surface area contributed by atoms with Crippen LogP contribution in [0.15, 0.2) is 58.7 Å². The molecule has 0 atom stereocenters. The maximum absolute atomic E-state index is 13.6. The molecule has 0 aliphatic rings. The van der Waals surface area contributed by atoms with Gasteiger partial charge in [-0.05, 0) is 18.2 Å². The van der Waals surface area contributed by atoms with Crippen molar-refractivity contribution in [3.63, 3.8) is 0 Å². The number of carbonyl (C=O) groups is 1. The fourth-order valence-electron chi connectivity index (χ4n) is 2.31. The van der Waals surface area contributed by atoms with Crippen LogP contribution in [-0.2, 0) is 6.54 Å². The predicted molar refractivity (Wildman–Crippen MR) is 96.2 cm³/mol. The molecule has 4 aromatic rings. The van der Waals surface area contributed by atoms with Crippen molar-refractivity contribution in [2.24, 2.45) is 0 Å². The van der Waals surface area contributed by atoms with Crippen molar-refractivity contribution in [2.75, 3.05) is 0 Å². The van der Waals surface area contributed by atoms with Crippen LogP contribution in [0.25, 0.3) is 23.0 Å². The zero-order chi connectivity index (χ0) is 18.6. The molecule has 3 aromatic heterocycles. The predicted octanol–water partition coefficient (Wildman–Crippen LogP) is 3.32. The lowest BCUT2D eigenvalue weighted by atomic mass is 10.2. The average Bonchev–Trinajstić information content (AvgIpc) is 3.37. The van der Waals surface area contributed by atoms with Crippen LogP contribution in [0, 0.1) is 5.82 Å².